The molecule has 0 unspecified atom stereocenters. The molecule has 0 spiro atoms. The molecule has 0 aliphatic heterocycles. The summed E-state index contributed by atoms with van der Waals surface area (Å²) in [5.41, 5.74) is 1.61. The second kappa shape index (κ2) is 6.49. The Kier molecular flexibility index (Phi) is 4.70. The van der Waals surface area contributed by atoms with E-state index in [0.717, 1.165) is 10.0 Å². The van der Waals surface area contributed by atoms with Gasteiger partial charge in [0.1, 0.15) is 0 Å². The highest BCUT2D eigenvalue weighted by Crippen LogP contribution is 2.27. The fourth-order valence-electron chi connectivity index (χ4n) is 1.68. The maximum atomic E-state index is 10.7. The minimum Gasteiger partial charge on any atom is -0.394 e. The van der Waals surface area contributed by atoms with Gasteiger partial charge >= 0.3 is 0 Å². The van der Waals surface area contributed by atoms with E-state index in [0.29, 0.717) is 18.8 Å². The van der Waals surface area contributed by atoms with Gasteiger partial charge in [-0.25, -0.2) is 0 Å². The van der Waals surface area contributed by atoms with Crippen LogP contribution in [0.5, 0.6) is 0 Å². The van der Waals surface area contributed by atoms with Crippen molar-refractivity contribution in [3.8, 4) is 0 Å². The van der Waals surface area contributed by atoms with Crippen LogP contribution < -0.4 is 5.32 Å². The van der Waals surface area contributed by atoms with Crippen molar-refractivity contribution in [3.05, 3.63) is 50.7 Å². The highest BCUT2D eigenvalue weighted by atomic mass is 79.9. The highest BCUT2D eigenvalue weighted by molar-refractivity contribution is 9.10. The van der Waals surface area contributed by atoms with Crippen molar-refractivity contribution in [1.82, 2.24) is 9.78 Å². The van der Waals surface area contributed by atoms with Gasteiger partial charge < -0.3 is 10.4 Å². The summed E-state index contributed by atoms with van der Waals surface area (Å²) < 4.78 is 2.39. The molecule has 1 heterocycles. The number of nitro groups is 1. The maximum absolute atomic E-state index is 10.7. The van der Waals surface area contributed by atoms with E-state index in [4.69, 9.17) is 5.11 Å². The SMILES string of the molecule is O=[N+]([O-])c1ccc(Br)c(NCc2cnn(CCO)c2)c1. The third kappa shape index (κ3) is 3.55. The molecule has 1 aromatic carbocycles. The topological polar surface area (TPSA) is 93.2 Å². The average Bonchev–Trinajstić information content (AvgIpc) is 2.86. The molecule has 106 valence electrons. The number of aromatic nitrogens is 2. The third-order valence-corrected chi connectivity index (χ3v) is 3.35. The van der Waals surface area contributed by atoms with E-state index in [1.54, 1.807) is 16.9 Å². The van der Waals surface area contributed by atoms with Crippen LogP contribution in [0.2, 0.25) is 0 Å². The van der Waals surface area contributed by atoms with Crippen LogP contribution in [0.25, 0.3) is 0 Å². The van der Waals surface area contributed by atoms with Crippen molar-refractivity contribution in [2.24, 2.45) is 0 Å². The first-order valence-corrected chi connectivity index (χ1v) is 6.69. The van der Waals surface area contributed by atoms with Crippen molar-refractivity contribution in [2.75, 3.05) is 11.9 Å². The molecule has 8 heteroatoms. The summed E-state index contributed by atoms with van der Waals surface area (Å²) in [5.74, 6) is 0. The molecule has 0 saturated carbocycles. The van der Waals surface area contributed by atoms with E-state index in [1.165, 1.54) is 12.1 Å². The minimum atomic E-state index is -0.434. The molecule has 0 amide bonds. The number of hydrogen-bond donors (Lipinski definition) is 2. The van der Waals surface area contributed by atoms with Gasteiger partial charge in [-0.05, 0) is 22.0 Å². The molecule has 0 aliphatic rings. The molecule has 2 rings (SSSR count). The zero-order valence-corrected chi connectivity index (χ0v) is 12.1. The standard InChI is InChI=1S/C12H13BrN4O3/c13-11-2-1-10(17(19)20)5-12(11)14-6-9-7-15-16(8-9)3-4-18/h1-2,5,7-8,14,18H,3-4,6H2. The molecule has 7 nitrogen and oxygen atoms in total. The van der Waals surface area contributed by atoms with Gasteiger partial charge in [0.2, 0.25) is 0 Å². The Hall–Kier alpha value is -1.93. The van der Waals surface area contributed by atoms with E-state index in [1.807, 2.05) is 6.20 Å². The zero-order valence-electron chi connectivity index (χ0n) is 10.5. The number of aliphatic hydroxyl groups excluding tert-OH is 1. The Morgan fingerprint density at radius 1 is 1.50 bits per heavy atom. The van der Waals surface area contributed by atoms with E-state index in [-0.39, 0.29) is 12.3 Å². The van der Waals surface area contributed by atoms with Gasteiger partial charge in [0.05, 0.1) is 30.0 Å². The van der Waals surface area contributed by atoms with Crippen molar-refractivity contribution < 1.29 is 10.0 Å². The van der Waals surface area contributed by atoms with E-state index in [2.05, 4.69) is 26.3 Å². The molecular formula is C12H13BrN4O3. The largest absolute Gasteiger partial charge is 0.394 e. The summed E-state index contributed by atoms with van der Waals surface area (Å²) in [4.78, 5) is 10.3. The molecule has 0 radical (unpaired) electrons. The molecule has 2 aromatic rings. The van der Waals surface area contributed by atoms with Crippen molar-refractivity contribution in [1.29, 1.82) is 0 Å². The number of rotatable bonds is 6. The summed E-state index contributed by atoms with van der Waals surface area (Å²) in [6.45, 7) is 0.969. The number of nitro benzene ring substituents is 1. The Balaban J connectivity index is 2.05. The summed E-state index contributed by atoms with van der Waals surface area (Å²) in [7, 11) is 0. The fourth-order valence-corrected chi connectivity index (χ4v) is 2.07. The monoisotopic (exact) mass is 340 g/mol. The average molecular weight is 341 g/mol. The summed E-state index contributed by atoms with van der Waals surface area (Å²) in [6.07, 6.45) is 3.50. The zero-order chi connectivity index (χ0) is 14.5. The normalized spacial score (nSPS) is 10.5. The Morgan fingerprint density at radius 2 is 2.30 bits per heavy atom. The van der Waals surface area contributed by atoms with Crippen LogP contribution in [0.15, 0.2) is 35.1 Å². The smallest absolute Gasteiger partial charge is 0.271 e. The molecule has 0 aliphatic carbocycles. The molecule has 20 heavy (non-hydrogen) atoms. The molecule has 0 saturated heterocycles. The summed E-state index contributed by atoms with van der Waals surface area (Å²) in [6, 6.07) is 4.55. The first-order chi connectivity index (χ1) is 9.60. The van der Waals surface area contributed by atoms with Gasteiger partial charge in [0, 0.05) is 34.9 Å². The van der Waals surface area contributed by atoms with E-state index >= 15 is 0 Å². The van der Waals surface area contributed by atoms with E-state index in [9.17, 15) is 10.1 Å². The maximum Gasteiger partial charge on any atom is 0.271 e. The van der Waals surface area contributed by atoms with Gasteiger partial charge in [-0.1, -0.05) is 0 Å². The predicted octanol–water partition coefficient (Wildman–Crippen LogP) is 2.16. The molecule has 0 bridgehead atoms. The van der Waals surface area contributed by atoms with Crippen molar-refractivity contribution in [3.63, 3.8) is 0 Å². The second-order valence-electron chi connectivity index (χ2n) is 4.11. The lowest BCUT2D eigenvalue weighted by Crippen LogP contribution is -2.02. The number of non-ortho nitro benzene ring substituents is 1. The lowest BCUT2D eigenvalue weighted by Gasteiger charge is -2.07. The fraction of sp³-hybridized carbons (Fsp3) is 0.250. The predicted molar refractivity (Wildman–Crippen MR) is 77.4 cm³/mol. The summed E-state index contributed by atoms with van der Waals surface area (Å²) >= 11 is 3.34. The van der Waals surface area contributed by atoms with Crippen LogP contribution in [-0.2, 0) is 13.1 Å². The lowest BCUT2D eigenvalue weighted by atomic mass is 10.2. The lowest BCUT2D eigenvalue weighted by molar-refractivity contribution is -0.384. The molecule has 2 N–H and O–H groups in total. The molecule has 0 atom stereocenters. The van der Waals surface area contributed by atoms with Gasteiger partial charge in [0.25, 0.3) is 5.69 Å². The number of nitrogens with zero attached hydrogens (tertiary/aromatic N) is 3. The number of nitrogens with one attached hydrogen (secondary N) is 1. The molecule has 0 fully saturated rings. The Morgan fingerprint density at radius 3 is 3.00 bits per heavy atom. The summed E-state index contributed by atoms with van der Waals surface area (Å²) in [5, 5.41) is 26.7. The van der Waals surface area contributed by atoms with Crippen LogP contribution in [0.1, 0.15) is 5.56 Å². The first-order valence-electron chi connectivity index (χ1n) is 5.90. The quantitative estimate of drug-likeness (QED) is 0.620. The van der Waals surface area contributed by atoms with Crippen LogP contribution in [0.3, 0.4) is 0 Å². The molecular weight excluding hydrogens is 328 g/mol. The highest BCUT2D eigenvalue weighted by Gasteiger charge is 2.09. The number of benzene rings is 1. The van der Waals surface area contributed by atoms with Crippen LogP contribution in [-0.4, -0.2) is 26.4 Å². The number of aliphatic hydroxyl groups is 1. The minimum absolute atomic E-state index is 0.0327. The number of anilines is 1. The second-order valence-corrected chi connectivity index (χ2v) is 4.96. The number of halogens is 1. The third-order valence-electron chi connectivity index (χ3n) is 2.66. The van der Waals surface area contributed by atoms with Crippen LogP contribution in [0.4, 0.5) is 11.4 Å². The van der Waals surface area contributed by atoms with Crippen LogP contribution >= 0.6 is 15.9 Å². The first kappa shape index (κ1) is 14.5. The van der Waals surface area contributed by atoms with Crippen molar-refractivity contribution >= 4 is 27.3 Å². The van der Waals surface area contributed by atoms with Gasteiger partial charge in [0.15, 0.2) is 0 Å². The van der Waals surface area contributed by atoms with Crippen LogP contribution in [0, 0.1) is 10.1 Å². The number of hydrogen-bond acceptors (Lipinski definition) is 5. The van der Waals surface area contributed by atoms with Crippen molar-refractivity contribution in [2.45, 2.75) is 13.1 Å². The molecule has 1 aromatic heterocycles. The van der Waals surface area contributed by atoms with Gasteiger partial charge in [-0.15, -0.1) is 0 Å². The van der Waals surface area contributed by atoms with E-state index < -0.39 is 4.92 Å². The Labute approximate surface area is 123 Å². The van der Waals surface area contributed by atoms with Gasteiger partial charge in [-0.3, -0.25) is 14.8 Å². The Bertz CT molecular complexity index is 614. The van der Waals surface area contributed by atoms with Gasteiger partial charge in [-0.2, -0.15) is 5.10 Å².